The van der Waals surface area contributed by atoms with Crippen LogP contribution in [0.25, 0.3) is 0 Å². The van der Waals surface area contributed by atoms with Crippen LogP contribution in [0, 0.1) is 0 Å². The number of amides is 2. The third-order valence-electron chi connectivity index (χ3n) is 3.76. The van der Waals surface area contributed by atoms with Crippen molar-refractivity contribution in [3.05, 3.63) is 54.4 Å². The molecule has 0 aliphatic heterocycles. The molecule has 1 N–H and O–H groups in total. The van der Waals surface area contributed by atoms with Gasteiger partial charge in [-0.05, 0) is 44.2 Å². The standard InChI is InChI=1S/C18H24N4O/c1-4-21(3)17-11-8-10-15(13-17)20-18(23)22(5-2)14-16-9-6-7-12-19-16/h6-13H,4-5,14H2,1-3H3,(H,20,23). The number of anilines is 2. The zero-order chi connectivity index (χ0) is 16.7. The molecule has 1 aromatic carbocycles. The molecule has 23 heavy (non-hydrogen) atoms. The molecule has 0 aliphatic rings. The van der Waals surface area contributed by atoms with E-state index < -0.39 is 0 Å². The van der Waals surface area contributed by atoms with Crippen molar-refractivity contribution in [1.29, 1.82) is 0 Å². The lowest BCUT2D eigenvalue weighted by Crippen LogP contribution is -2.34. The number of hydrogen-bond donors (Lipinski definition) is 1. The zero-order valence-electron chi connectivity index (χ0n) is 14.0. The summed E-state index contributed by atoms with van der Waals surface area (Å²) in [6.45, 7) is 6.09. The number of hydrogen-bond acceptors (Lipinski definition) is 3. The molecular weight excluding hydrogens is 288 g/mol. The van der Waals surface area contributed by atoms with Crippen molar-refractivity contribution in [3.63, 3.8) is 0 Å². The fourth-order valence-corrected chi connectivity index (χ4v) is 2.22. The van der Waals surface area contributed by atoms with Crippen molar-refractivity contribution in [1.82, 2.24) is 9.88 Å². The van der Waals surface area contributed by atoms with Gasteiger partial charge in [-0.25, -0.2) is 4.79 Å². The number of rotatable bonds is 6. The molecule has 5 nitrogen and oxygen atoms in total. The normalized spacial score (nSPS) is 10.2. The summed E-state index contributed by atoms with van der Waals surface area (Å²) in [6.07, 6.45) is 1.74. The second-order valence-electron chi connectivity index (χ2n) is 5.33. The van der Waals surface area contributed by atoms with Crippen LogP contribution in [0.1, 0.15) is 19.5 Å². The van der Waals surface area contributed by atoms with E-state index in [2.05, 4.69) is 22.1 Å². The van der Waals surface area contributed by atoms with Gasteiger partial charge in [0.05, 0.1) is 12.2 Å². The van der Waals surface area contributed by atoms with E-state index >= 15 is 0 Å². The van der Waals surface area contributed by atoms with Crippen LogP contribution < -0.4 is 10.2 Å². The van der Waals surface area contributed by atoms with Gasteiger partial charge < -0.3 is 15.1 Å². The van der Waals surface area contributed by atoms with E-state index in [1.54, 1.807) is 11.1 Å². The fourth-order valence-electron chi connectivity index (χ4n) is 2.22. The molecule has 0 unspecified atom stereocenters. The van der Waals surface area contributed by atoms with Gasteiger partial charge in [-0.3, -0.25) is 4.98 Å². The first-order valence-corrected chi connectivity index (χ1v) is 7.91. The van der Waals surface area contributed by atoms with E-state index in [1.165, 1.54) is 0 Å². The second kappa shape index (κ2) is 8.17. The van der Waals surface area contributed by atoms with Gasteiger partial charge in [0.1, 0.15) is 0 Å². The monoisotopic (exact) mass is 312 g/mol. The molecule has 0 aliphatic carbocycles. The molecule has 1 heterocycles. The van der Waals surface area contributed by atoms with Gasteiger partial charge in [-0.15, -0.1) is 0 Å². The first-order chi connectivity index (χ1) is 11.1. The summed E-state index contributed by atoms with van der Waals surface area (Å²) in [4.78, 5) is 20.6. The zero-order valence-corrected chi connectivity index (χ0v) is 14.0. The highest BCUT2D eigenvalue weighted by Crippen LogP contribution is 2.18. The number of benzene rings is 1. The van der Waals surface area contributed by atoms with Crippen molar-refractivity contribution in [2.45, 2.75) is 20.4 Å². The van der Waals surface area contributed by atoms with Crippen LogP contribution in [0.2, 0.25) is 0 Å². The minimum absolute atomic E-state index is 0.116. The Kier molecular flexibility index (Phi) is 5.97. The van der Waals surface area contributed by atoms with Crippen LogP contribution >= 0.6 is 0 Å². The van der Waals surface area contributed by atoms with Gasteiger partial charge >= 0.3 is 6.03 Å². The molecule has 2 aromatic rings. The average Bonchev–Trinajstić information content (AvgIpc) is 2.60. The third kappa shape index (κ3) is 4.71. The first kappa shape index (κ1) is 16.8. The Morgan fingerprint density at radius 2 is 1.96 bits per heavy atom. The number of carbonyl (C=O) groups excluding carboxylic acids is 1. The number of carbonyl (C=O) groups is 1. The van der Waals surface area contributed by atoms with E-state index in [9.17, 15) is 4.79 Å². The molecule has 0 fully saturated rings. The van der Waals surface area contributed by atoms with Gasteiger partial charge in [0.2, 0.25) is 0 Å². The molecule has 2 amide bonds. The summed E-state index contributed by atoms with van der Waals surface area (Å²) in [5.41, 5.74) is 2.76. The second-order valence-corrected chi connectivity index (χ2v) is 5.33. The molecule has 1 aromatic heterocycles. The van der Waals surface area contributed by atoms with Crippen molar-refractivity contribution in [3.8, 4) is 0 Å². The topological polar surface area (TPSA) is 48.5 Å². The van der Waals surface area contributed by atoms with Crippen molar-refractivity contribution in [2.24, 2.45) is 0 Å². The van der Waals surface area contributed by atoms with Crippen molar-refractivity contribution in [2.75, 3.05) is 30.4 Å². The minimum Gasteiger partial charge on any atom is -0.375 e. The predicted molar refractivity (Wildman–Crippen MR) is 94.7 cm³/mol. The summed E-state index contributed by atoms with van der Waals surface area (Å²) in [7, 11) is 2.03. The maximum absolute atomic E-state index is 12.5. The molecule has 0 atom stereocenters. The van der Waals surface area contributed by atoms with Crippen LogP contribution in [0.3, 0.4) is 0 Å². The smallest absolute Gasteiger partial charge is 0.322 e. The molecular formula is C18H24N4O. The lowest BCUT2D eigenvalue weighted by atomic mass is 10.2. The highest BCUT2D eigenvalue weighted by molar-refractivity contribution is 5.89. The highest BCUT2D eigenvalue weighted by Gasteiger charge is 2.13. The number of aromatic nitrogens is 1. The molecule has 5 heteroatoms. The van der Waals surface area contributed by atoms with Crippen molar-refractivity contribution >= 4 is 17.4 Å². The van der Waals surface area contributed by atoms with Crippen LogP contribution in [0.15, 0.2) is 48.7 Å². The SMILES string of the molecule is CCN(Cc1ccccn1)C(=O)Nc1cccc(N(C)CC)c1. The molecule has 0 saturated carbocycles. The van der Waals surface area contributed by atoms with Gasteiger partial charge in [0.25, 0.3) is 0 Å². The number of nitrogens with one attached hydrogen (secondary N) is 1. The Morgan fingerprint density at radius 1 is 1.13 bits per heavy atom. The van der Waals surface area contributed by atoms with Crippen LogP contribution in [0.4, 0.5) is 16.2 Å². The van der Waals surface area contributed by atoms with Crippen molar-refractivity contribution < 1.29 is 4.79 Å². The van der Waals surface area contributed by atoms with Gasteiger partial charge in [0, 0.05) is 37.7 Å². The van der Waals surface area contributed by atoms with E-state index in [1.807, 2.05) is 56.4 Å². The summed E-state index contributed by atoms with van der Waals surface area (Å²) in [5, 5.41) is 2.97. The lowest BCUT2D eigenvalue weighted by Gasteiger charge is -2.22. The average molecular weight is 312 g/mol. The maximum Gasteiger partial charge on any atom is 0.322 e. The number of urea groups is 1. The fraction of sp³-hybridized carbons (Fsp3) is 0.333. The van der Waals surface area contributed by atoms with Gasteiger partial charge in [-0.2, -0.15) is 0 Å². The van der Waals surface area contributed by atoms with Crippen LogP contribution in [-0.2, 0) is 6.54 Å². The number of pyridine rings is 1. The van der Waals surface area contributed by atoms with Gasteiger partial charge in [0.15, 0.2) is 0 Å². The van der Waals surface area contributed by atoms with E-state index in [4.69, 9.17) is 0 Å². The molecule has 0 radical (unpaired) electrons. The highest BCUT2D eigenvalue weighted by atomic mass is 16.2. The van der Waals surface area contributed by atoms with Gasteiger partial charge in [-0.1, -0.05) is 12.1 Å². The maximum atomic E-state index is 12.5. The molecule has 2 rings (SSSR count). The van der Waals surface area contributed by atoms with E-state index in [0.29, 0.717) is 13.1 Å². The Labute approximate surface area is 137 Å². The minimum atomic E-state index is -0.116. The largest absolute Gasteiger partial charge is 0.375 e. The lowest BCUT2D eigenvalue weighted by molar-refractivity contribution is 0.211. The Balaban J connectivity index is 2.04. The Hall–Kier alpha value is -2.56. The van der Waals surface area contributed by atoms with E-state index in [-0.39, 0.29) is 6.03 Å². The Bertz CT molecular complexity index is 630. The third-order valence-corrected chi connectivity index (χ3v) is 3.76. The molecule has 0 spiro atoms. The van der Waals surface area contributed by atoms with E-state index in [0.717, 1.165) is 23.6 Å². The molecule has 122 valence electrons. The quantitative estimate of drug-likeness (QED) is 0.886. The predicted octanol–water partition coefficient (Wildman–Crippen LogP) is 3.59. The molecule has 0 bridgehead atoms. The Morgan fingerprint density at radius 3 is 2.61 bits per heavy atom. The number of nitrogens with zero attached hydrogens (tertiary/aromatic N) is 3. The van der Waals surface area contributed by atoms with Crippen LogP contribution in [-0.4, -0.2) is 36.1 Å². The van der Waals surface area contributed by atoms with Crippen LogP contribution in [0.5, 0.6) is 0 Å². The molecule has 0 saturated heterocycles. The summed E-state index contributed by atoms with van der Waals surface area (Å²) < 4.78 is 0. The first-order valence-electron chi connectivity index (χ1n) is 7.91. The summed E-state index contributed by atoms with van der Waals surface area (Å²) in [6, 6.07) is 13.5. The summed E-state index contributed by atoms with van der Waals surface area (Å²) >= 11 is 0. The summed E-state index contributed by atoms with van der Waals surface area (Å²) in [5.74, 6) is 0.